The van der Waals surface area contributed by atoms with Gasteiger partial charge >= 0.3 is 0 Å². The topological polar surface area (TPSA) is 84.2 Å². The van der Waals surface area contributed by atoms with Crippen LogP contribution in [-0.4, -0.2) is 21.5 Å². The zero-order valence-corrected chi connectivity index (χ0v) is 13.0. The van der Waals surface area contributed by atoms with Crippen molar-refractivity contribution in [1.82, 2.24) is 4.72 Å². The van der Waals surface area contributed by atoms with Crippen molar-refractivity contribution in [2.24, 2.45) is 11.7 Å². The van der Waals surface area contributed by atoms with Gasteiger partial charge in [0.05, 0.1) is 17.8 Å². The molecule has 4 N–H and O–H groups in total. The Morgan fingerprint density at radius 3 is 2.70 bits per heavy atom. The van der Waals surface area contributed by atoms with E-state index < -0.39 is 10.2 Å². The maximum Gasteiger partial charge on any atom is 0.299 e. The first-order valence-electron chi connectivity index (χ1n) is 6.10. The van der Waals surface area contributed by atoms with Gasteiger partial charge in [-0.1, -0.05) is 37.3 Å². The highest BCUT2D eigenvalue weighted by Gasteiger charge is 2.12. The van der Waals surface area contributed by atoms with Gasteiger partial charge in [0.25, 0.3) is 10.2 Å². The SMILES string of the molecule is CC(C)CNS(=O)(=O)Nc1ccc(Cl)cc1C#CCN. The number of anilines is 1. The van der Waals surface area contributed by atoms with Crippen molar-refractivity contribution in [3.8, 4) is 11.8 Å². The first-order valence-corrected chi connectivity index (χ1v) is 7.96. The van der Waals surface area contributed by atoms with Gasteiger partial charge in [-0.3, -0.25) is 4.72 Å². The summed E-state index contributed by atoms with van der Waals surface area (Å²) in [7, 11) is -3.63. The molecule has 0 spiro atoms. The van der Waals surface area contributed by atoms with Crippen LogP contribution in [0.2, 0.25) is 5.02 Å². The van der Waals surface area contributed by atoms with Crippen LogP contribution in [0.15, 0.2) is 18.2 Å². The molecule has 0 saturated carbocycles. The van der Waals surface area contributed by atoms with Crippen LogP contribution in [0.3, 0.4) is 0 Å². The Morgan fingerprint density at radius 1 is 1.40 bits per heavy atom. The summed E-state index contributed by atoms with van der Waals surface area (Å²) in [5, 5.41) is 0.476. The largest absolute Gasteiger partial charge is 0.320 e. The van der Waals surface area contributed by atoms with Crippen molar-refractivity contribution in [1.29, 1.82) is 0 Å². The van der Waals surface area contributed by atoms with Crippen LogP contribution in [0, 0.1) is 17.8 Å². The zero-order valence-electron chi connectivity index (χ0n) is 11.4. The van der Waals surface area contributed by atoms with Gasteiger partial charge in [-0.05, 0) is 24.1 Å². The van der Waals surface area contributed by atoms with E-state index in [0.717, 1.165) is 0 Å². The van der Waals surface area contributed by atoms with Gasteiger partial charge in [-0.25, -0.2) is 0 Å². The molecule has 1 rings (SSSR count). The minimum absolute atomic E-state index is 0.185. The molecule has 0 radical (unpaired) electrons. The summed E-state index contributed by atoms with van der Waals surface area (Å²) < 4.78 is 28.7. The third-order valence-electron chi connectivity index (χ3n) is 2.23. The molecule has 0 atom stereocenters. The van der Waals surface area contributed by atoms with Crippen LogP contribution in [0.25, 0.3) is 0 Å². The summed E-state index contributed by atoms with van der Waals surface area (Å²) in [6, 6.07) is 4.75. The van der Waals surface area contributed by atoms with Gasteiger partial charge in [-0.15, -0.1) is 0 Å². The number of hydrogen-bond acceptors (Lipinski definition) is 3. The van der Waals surface area contributed by atoms with Crippen molar-refractivity contribution in [3.05, 3.63) is 28.8 Å². The molecule has 1 aromatic carbocycles. The molecule has 20 heavy (non-hydrogen) atoms. The molecule has 0 aliphatic rings. The molecular formula is C13H18ClN3O2S. The van der Waals surface area contributed by atoms with Crippen LogP contribution in [0.4, 0.5) is 5.69 Å². The predicted molar refractivity (Wildman–Crippen MR) is 82.8 cm³/mol. The molecule has 7 heteroatoms. The molecule has 0 aromatic heterocycles. The lowest BCUT2D eigenvalue weighted by Crippen LogP contribution is -2.33. The molecule has 5 nitrogen and oxygen atoms in total. The lowest BCUT2D eigenvalue weighted by Gasteiger charge is -2.12. The number of rotatable bonds is 5. The molecule has 0 aliphatic carbocycles. The van der Waals surface area contributed by atoms with Crippen molar-refractivity contribution >= 4 is 27.5 Å². The molecule has 0 amide bonds. The number of benzene rings is 1. The van der Waals surface area contributed by atoms with E-state index in [2.05, 4.69) is 21.3 Å². The summed E-state index contributed by atoms with van der Waals surface area (Å²) in [5.41, 5.74) is 6.17. The van der Waals surface area contributed by atoms with Crippen LogP contribution in [-0.2, 0) is 10.2 Å². The molecule has 0 saturated heterocycles. The number of nitrogens with one attached hydrogen (secondary N) is 2. The first kappa shape index (κ1) is 16.8. The second-order valence-electron chi connectivity index (χ2n) is 4.54. The number of hydrogen-bond donors (Lipinski definition) is 3. The Balaban J connectivity index is 2.96. The molecule has 0 aliphatic heterocycles. The molecular weight excluding hydrogens is 298 g/mol. The Kier molecular flexibility index (Phi) is 6.30. The normalized spacial score (nSPS) is 11.1. The fourth-order valence-electron chi connectivity index (χ4n) is 1.31. The summed E-state index contributed by atoms with van der Waals surface area (Å²) >= 11 is 5.88. The molecule has 110 valence electrons. The van der Waals surface area contributed by atoms with Crippen LogP contribution in [0.1, 0.15) is 19.4 Å². The summed E-state index contributed by atoms with van der Waals surface area (Å²) in [6.45, 7) is 4.38. The van der Waals surface area contributed by atoms with Crippen molar-refractivity contribution < 1.29 is 8.42 Å². The molecule has 1 aromatic rings. The van der Waals surface area contributed by atoms with Gasteiger partial charge in [0.2, 0.25) is 0 Å². The molecule has 0 heterocycles. The lowest BCUT2D eigenvalue weighted by molar-refractivity contribution is 0.565. The van der Waals surface area contributed by atoms with E-state index in [4.69, 9.17) is 17.3 Å². The Labute approximate surface area is 125 Å². The average Bonchev–Trinajstić information content (AvgIpc) is 2.37. The Morgan fingerprint density at radius 2 is 2.10 bits per heavy atom. The van der Waals surface area contributed by atoms with Gasteiger partial charge in [0.1, 0.15) is 0 Å². The van der Waals surface area contributed by atoms with Crippen molar-refractivity contribution in [3.63, 3.8) is 0 Å². The minimum Gasteiger partial charge on any atom is -0.320 e. The maximum absolute atomic E-state index is 11.9. The second kappa shape index (κ2) is 7.50. The average molecular weight is 316 g/mol. The molecule has 0 fully saturated rings. The van der Waals surface area contributed by atoms with Crippen molar-refractivity contribution in [2.75, 3.05) is 17.8 Å². The Bertz CT molecular complexity index is 618. The molecule has 0 unspecified atom stereocenters. The highest BCUT2D eigenvalue weighted by Crippen LogP contribution is 2.20. The van der Waals surface area contributed by atoms with Crippen LogP contribution in [0.5, 0.6) is 0 Å². The highest BCUT2D eigenvalue weighted by molar-refractivity contribution is 7.90. The number of halogens is 1. The van der Waals surface area contributed by atoms with E-state index in [9.17, 15) is 8.42 Å². The molecule has 0 bridgehead atoms. The van der Waals surface area contributed by atoms with Crippen LogP contribution >= 0.6 is 11.6 Å². The van der Waals surface area contributed by atoms with E-state index in [0.29, 0.717) is 22.8 Å². The quantitative estimate of drug-likeness (QED) is 0.721. The monoisotopic (exact) mass is 315 g/mol. The maximum atomic E-state index is 11.9. The third-order valence-corrected chi connectivity index (χ3v) is 3.50. The van der Waals surface area contributed by atoms with Gasteiger partial charge in [0, 0.05) is 11.6 Å². The predicted octanol–water partition coefficient (Wildman–Crippen LogP) is 1.55. The smallest absolute Gasteiger partial charge is 0.299 e. The summed E-state index contributed by atoms with van der Waals surface area (Å²) in [6.07, 6.45) is 0. The van der Waals surface area contributed by atoms with Gasteiger partial charge in [0.15, 0.2) is 0 Å². The number of nitrogens with two attached hydrogens (primary N) is 1. The van der Waals surface area contributed by atoms with Crippen molar-refractivity contribution in [2.45, 2.75) is 13.8 Å². The van der Waals surface area contributed by atoms with Crippen LogP contribution < -0.4 is 15.2 Å². The standard InChI is InChI=1S/C13H18ClN3O2S/c1-10(2)9-16-20(18,19)17-13-6-5-12(14)8-11(13)4-3-7-15/h5-6,8,10,16-17H,7,9,15H2,1-2H3. The third kappa shape index (κ3) is 5.80. The van der Waals surface area contributed by atoms with Gasteiger partial charge < -0.3 is 5.73 Å². The Hall–Kier alpha value is -1.26. The van der Waals surface area contributed by atoms with E-state index in [1.807, 2.05) is 13.8 Å². The fraction of sp³-hybridized carbons (Fsp3) is 0.385. The van der Waals surface area contributed by atoms with E-state index in [1.54, 1.807) is 18.2 Å². The zero-order chi connectivity index (χ0) is 15.2. The van der Waals surface area contributed by atoms with E-state index in [1.165, 1.54) is 0 Å². The minimum atomic E-state index is -3.63. The van der Waals surface area contributed by atoms with E-state index in [-0.39, 0.29) is 12.5 Å². The van der Waals surface area contributed by atoms with E-state index >= 15 is 0 Å². The fourth-order valence-corrected chi connectivity index (χ4v) is 2.58. The first-order chi connectivity index (χ1) is 9.34. The lowest BCUT2D eigenvalue weighted by atomic mass is 10.2. The highest BCUT2D eigenvalue weighted by atomic mass is 35.5. The summed E-state index contributed by atoms with van der Waals surface area (Å²) in [4.78, 5) is 0. The van der Waals surface area contributed by atoms with Gasteiger partial charge in [-0.2, -0.15) is 13.1 Å². The second-order valence-corrected chi connectivity index (χ2v) is 6.48. The summed E-state index contributed by atoms with van der Waals surface area (Å²) in [5.74, 6) is 5.68.